The summed E-state index contributed by atoms with van der Waals surface area (Å²) in [4.78, 5) is 16.4. The van der Waals surface area contributed by atoms with Crippen LogP contribution in [-0.4, -0.2) is 21.8 Å². The number of hydrogen-bond acceptors (Lipinski definition) is 3. The molecule has 34 heavy (non-hydrogen) atoms. The third kappa shape index (κ3) is 3.96. The van der Waals surface area contributed by atoms with Crippen LogP contribution in [0.2, 0.25) is 0 Å². The Bertz CT molecular complexity index is 1520. The van der Waals surface area contributed by atoms with Gasteiger partial charge in [-0.2, -0.15) is 0 Å². The highest BCUT2D eigenvalue weighted by Gasteiger charge is 2.42. The lowest BCUT2D eigenvalue weighted by molar-refractivity contribution is -0.00313. The highest BCUT2D eigenvalue weighted by atomic mass is 79.9. The summed E-state index contributed by atoms with van der Waals surface area (Å²) < 4.78 is 0.897. The Kier molecular flexibility index (Phi) is 6.09. The predicted octanol–water partition coefficient (Wildman–Crippen LogP) is 5.85. The Hall–Kier alpha value is -3.25. The summed E-state index contributed by atoms with van der Waals surface area (Å²) in [6, 6.07) is 30.7. The number of aliphatic hydroxyl groups is 2. The maximum Gasteiger partial charge on any atom is 0.252 e. The molecule has 3 N–H and O–H groups in total. The Balaban J connectivity index is 1.84. The summed E-state index contributed by atoms with van der Waals surface area (Å²) in [5.74, 6) is -0.709. The number of aromatic amines is 1. The lowest BCUT2D eigenvalue weighted by Gasteiger charge is -2.38. The van der Waals surface area contributed by atoms with Crippen LogP contribution in [0.1, 0.15) is 29.0 Å². The van der Waals surface area contributed by atoms with Gasteiger partial charge in [0.2, 0.25) is 0 Å². The van der Waals surface area contributed by atoms with E-state index in [9.17, 15) is 15.0 Å². The van der Waals surface area contributed by atoms with Crippen LogP contribution >= 0.6 is 15.9 Å². The van der Waals surface area contributed by atoms with Crippen LogP contribution in [0.4, 0.5) is 0 Å². The molecule has 0 aliphatic heterocycles. The molecular weight excluding hydrogens is 490 g/mol. The molecule has 5 heteroatoms. The molecule has 2 atom stereocenters. The van der Waals surface area contributed by atoms with Gasteiger partial charge in [-0.15, -0.1) is 0 Å². The van der Waals surface area contributed by atoms with E-state index in [-0.39, 0.29) is 18.6 Å². The van der Waals surface area contributed by atoms with Crippen molar-refractivity contribution in [3.05, 3.63) is 129 Å². The van der Waals surface area contributed by atoms with Crippen LogP contribution in [0.25, 0.3) is 21.7 Å². The van der Waals surface area contributed by atoms with Crippen LogP contribution in [0.3, 0.4) is 0 Å². The van der Waals surface area contributed by atoms with Crippen LogP contribution in [0.5, 0.6) is 0 Å². The zero-order valence-electron chi connectivity index (χ0n) is 18.4. The number of pyridine rings is 1. The highest BCUT2D eigenvalue weighted by Crippen LogP contribution is 2.45. The third-order valence-corrected chi connectivity index (χ3v) is 7.00. The van der Waals surface area contributed by atoms with Gasteiger partial charge in [0.25, 0.3) is 5.56 Å². The van der Waals surface area contributed by atoms with Crippen LogP contribution < -0.4 is 5.56 Å². The van der Waals surface area contributed by atoms with Crippen molar-refractivity contribution in [2.24, 2.45) is 0 Å². The summed E-state index contributed by atoms with van der Waals surface area (Å²) in [6.07, 6.45) is 0.0660. The number of aromatic nitrogens is 1. The SMILES string of the molecule is O=c1[nH]c2ccc(Br)cc2cc1[C@@H](c1ccccc1)[C@@](O)(CCO)c1cccc2ccccc12. The van der Waals surface area contributed by atoms with Gasteiger partial charge in [-0.25, -0.2) is 0 Å². The van der Waals surface area contributed by atoms with Crippen molar-refractivity contribution in [1.29, 1.82) is 0 Å². The van der Waals surface area contributed by atoms with Crippen LogP contribution in [-0.2, 0) is 5.60 Å². The molecule has 0 bridgehead atoms. The molecule has 0 aliphatic carbocycles. The van der Waals surface area contributed by atoms with Crippen molar-refractivity contribution in [1.82, 2.24) is 4.98 Å². The fourth-order valence-corrected chi connectivity index (χ4v) is 5.35. The molecule has 0 aliphatic rings. The molecule has 5 aromatic rings. The zero-order chi connectivity index (χ0) is 23.7. The summed E-state index contributed by atoms with van der Waals surface area (Å²) in [7, 11) is 0. The van der Waals surface area contributed by atoms with E-state index in [1.165, 1.54) is 0 Å². The first kappa shape index (κ1) is 22.5. The van der Waals surface area contributed by atoms with Gasteiger partial charge >= 0.3 is 0 Å². The number of rotatable bonds is 6. The van der Waals surface area contributed by atoms with Crippen molar-refractivity contribution in [2.45, 2.75) is 17.9 Å². The smallest absolute Gasteiger partial charge is 0.252 e. The summed E-state index contributed by atoms with van der Waals surface area (Å²) in [5.41, 5.74) is 0.845. The number of nitrogens with one attached hydrogen (secondary N) is 1. The fourth-order valence-electron chi connectivity index (χ4n) is 4.97. The Morgan fingerprint density at radius 3 is 2.38 bits per heavy atom. The van der Waals surface area contributed by atoms with Crippen molar-refractivity contribution < 1.29 is 10.2 Å². The lowest BCUT2D eigenvalue weighted by Crippen LogP contribution is -2.38. The first-order valence-corrected chi connectivity index (χ1v) is 12.0. The van der Waals surface area contributed by atoms with Gasteiger partial charge in [0.1, 0.15) is 5.60 Å². The normalized spacial score (nSPS) is 14.2. The fraction of sp³-hybridized carbons (Fsp3) is 0.138. The molecule has 0 spiro atoms. The predicted molar refractivity (Wildman–Crippen MR) is 140 cm³/mol. The second-order valence-electron chi connectivity index (χ2n) is 8.55. The molecule has 170 valence electrons. The van der Waals surface area contributed by atoms with E-state index in [1.54, 1.807) is 0 Å². The van der Waals surface area contributed by atoms with Gasteiger partial charge in [0.05, 0.1) is 0 Å². The molecule has 0 radical (unpaired) electrons. The molecule has 0 amide bonds. The molecule has 4 aromatic carbocycles. The molecule has 4 nitrogen and oxygen atoms in total. The average molecular weight is 514 g/mol. The van der Waals surface area contributed by atoms with Crippen molar-refractivity contribution >= 4 is 37.6 Å². The van der Waals surface area contributed by atoms with Crippen LogP contribution in [0, 0.1) is 0 Å². The third-order valence-electron chi connectivity index (χ3n) is 6.51. The van der Waals surface area contributed by atoms with Gasteiger partial charge < -0.3 is 15.2 Å². The number of hydrogen-bond donors (Lipinski definition) is 3. The van der Waals surface area contributed by atoms with E-state index in [2.05, 4.69) is 20.9 Å². The molecule has 1 heterocycles. The number of benzene rings is 4. The molecule has 1 aromatic heterocycles. The first-order valence-electron chi connectivity index (χ1n) is 11.2. The van der Waals surface area contributed by atoms with Crippen molar-refractivity contribution in [2.75, 3.05) is 6.61 Å². The van der Waals surface area contributed by atoms with E-state index in [0.29, 0.717) is 11.1 Å². The molecular formula is C29H24BrNO3. The second-order valence-corrected chi connectivity index (χ2v) is 9.47. The standard InChI is InChI=1S/C29H24BrNO3/c30-22-13-14-26-21(17-22)18-24(28(33)31-26)27(20-8-2-1-3-9-20)29(34,15-16-32)25-12-6-10-19-7-4-5-11-23(19)25/h1-14,17-18,27,32,34H,15-16H2,(H,31,33)/t27-,29-/m1/s1. The zero-order valence-corrected chi connectivity index (χ0v) is 20.0. The quantitative estimate of drug-likeness (QED) is 0.266. The van der Waals surface area contributed by atoms with Crippen molar-refractivity contribution in [3.63, 3.8) is 0 Å². The molecule has 5 rings (SSSR count). The number of halogens is 1. The summed E-state index contributed by atoms with van der Waals surface area (Å²) in [6.45, 7) is -0.236. The summed E-state index contributed by atoms with van der Waals surface area (Å²) in [5, 5.41) is 25.3. The number of aliphatic hydroxyl groups excluding tert-OH is 1. The second kappa shape index (κ2) is 9.18. The first-order chi connectivity index (χ1) is 16.5. The van der Waals surface area contributed by atoms with E-state index >= 15 is 0 Å². The molecule has 0 saturated carbocycles. The van der Waals surface area contributed by atoms with E-state index in [4.69, 9.17) is 0 Å². The lowest BCUT2D eigenvalue weighted by atomic mass is 9.71. The minimum atomic E-state index is -1.54. The van der Waals surface area contributed by atoms with E-state index in [1.807, 2.05) is 97.1 Å². The largest absolute Gasteiger partial charge is 0.396 e. The molecule has 0 fully saturated rings. The topological polar surface area (TPSA) is 73.3 Å². The van der Waals surface area contributed by atoms with E-state index < -0.39 is 11.5 Å². The maximum atomic E-state index is 13.4. The monoisotopic (exact) mass is 513 g/mol. The van der Waals surface area contributed by atoms with Gasteiger partial charge in [0.15, 0.2) is 0 Å². The van der Waals surface area contributed by atoms with Gasteiger partial charge in [-0.1, -0.05) is 88.7 Å². The van der Waals surface area contributed by atoms with Gasteiger partial charge in [0, 0.05) is 34.5 Å². The maximum absolute atomic E-state index is 13.4. The summed E-state index contributed by atoms with van der Waals surface area (Å²) >= 11 is 3.51. The van der Waals surface area contributed by atoms with Crippen LogP contribution in [0.15, 0.2) is 106 Å². The molecule has 0 saturated heterocycles. The Morgan fingerprint density at radius 2 is 1.59 bits per heavy atom. The van der Waals surface area contributed by atoms with Gasteiger partial charge in [-0.3, -0.25) is 4.79 Å². The Labute approximate surface area is 205 Å². The average Bonchev–Trinajstić information content (AvgIpc) is 2.85. The molecule has 0 unspecified atom stereocenters. The minimum absolute atomic E-state index is 0.0660. The van der Waals surface area contributed by atoms with E-state index in [0.717, 1.165) is 31.7 Å². The van der Waals surface area contributed by atoms with Gasteiger partial charge in [-0.05, 0) is 51.6 Å². The minimum Gasteiger partial charge on any atom is -0.396 e. The Morgan fingerprint density at radius 1 is 0.853 bits per heavy atom. The van der Waals surface area contributed by atoms with Crippen molar-refractivity contribution in [3.8, 4) is 0 Å². The highest BCUT2D eigenvalue weighted by molar-refractivity contribution is 9.10. The number of H-pyrrole nitrogens is 1. The number of fused-ring (bicyclic) bond motifs is 2.